The number of fused-ring (bicyclic) bond motifs is 1. The van der Waals surface area contributed by atoms with Crippen molar-refractivity contribution in [3.05, 3.63) is 40.4 Å². The van der Waals surface area contributed by atoms with Crippen LogP contribution in [0.25, 0.3) is 10.9 Å². The molecule has 0 saturated carbocycles. The van der Waals surface area contributed by atoms with E-state index in [1.807, 2.05) is 0 Å². The second kappa shape index (κ2) is 9.41. The fraction of sp³-hybridized carbons (Fsp3) is 0.278. The minimum absolute atomic E-state index is 0.0474. The van der Waals surface area contributed by atoms with Crippen LogP contribution in [0.5, 0.6) is 11.5 Å². The van der Waals surface area contributed by atoms with Gasteiger partial charge in [0.2, 0.25) is 11.9 Å². The molecule has 0 saturated heterocycles. The van der Waals surface area contributed by atoms with Gasteiger partial charge in [0, 0.05) is 24.7 Å². The molecule has 0 fully saturated rings. The van der Waals surface area contributed by atoms with Crippen molar-refractivity contribution < 1.29 is 14.3 Å². The lowest BCUT2D eigenvalue weighted by atomic mass is 10.2. The highest BCUT2D eigenvalue weighted by Crippen LogP contribution is 2.34. The molecule has 30 heavy (non-hydrogen) atoms. The third-order valence-electron chi connectivity index (χ3n) is 4.18. The molecule has 0 unspecified atom stereocenters. The highest BCUT2D eigenvalue weighted by molar-refractivity contribution is 7.97. The molecule has 3 aromatic rings. The SMILES string of the molecule is CCn1c(NC(=O)c2cnc(N)nc2)nc2c(OC)c(OCCSN)ccc2c1=O. The molecule has 2 aromatic heterocycles. The van der Waals surface area contributed by atoms with Crippen molar-refractivity contribution in [2.45, 2.75) is 13.5 Å². The van der Waals surface area contributed by atoms with Crippen LogP contribution in [0.1, 0.15) is 17.3 Å². The monoisotopic (exact) mass is 431 g/mol. The number of nitrogens with one attached hydrogen (secondary N) is 1. The van der Waals surface area contributed by atoms with E-state index in [2.05, 4.69) is 20.3 Å². The first-order chi connectivity index (χ1) is 14.5. The summed E-state index contributed by atoms with van der Waals surface area (Å²) < 4.78 is 12.5. The van der Waals surface area contributed by atoms with Gasteiger partial charge in [-0.3, -0.25) is 24.6 Å². The average molecular weight is 431 g/mol. The second-order valence-electron chi connectivity index (χ2n) is 5.98. The molecular weight excluding hydrogens is 410 g/mol. The number of carbonyl (C=O) groups excluding carboxylic acids is 1. The van der Waals surface area contributed by atoms with Crippen molar-refractivity contribution in [1.82, 2.24) is 19.5 Å². The van der Waals surface area contributed by atoms with Gasteiger partial charge in [-0.05, 0) is 19.1 Å². The average Bonchev–Trinajstić information content (AvgIpc) is 2.74. The minimum Gasteiger partial charge on any atom is -0.491 e. The number of methoxy groups -OCH3 is 1. The summed E-state index contributed by atoms with van der Waals surface area (Å²) in [4.78, 5) is 37.6. The third kappa shape index (κ3) is 4.28. The number of aromatic nitrogens is 4. The van der Waals surface area contributed by atoms with E-state index >= 15 is 0 Å². The van der Waals surface area contributed by atoms with Gasteiger partial charge in [-0.1, -0.05) is 11.9 Å². The van der Waals surface area contributed by atoms with E-state index in [0.717, 1.165) is 11.9 Å². The van der Waals surface area contributed by atoms with E-state index in [0.29, 0.717) is 35.8 Å². The highest BCUT2D eigenvalue weighted by Gasteiger charge is 2.19. The van der Waals surface area contributed by atoms with Gasteiger partial charge in [0.1, 0.15) is 5.52 Å². The number of ether oxygens (including phenoxy) is 2. The predicted molar refractivity (Wildman–Crippen MR) is 115 cm³/mol. The number of hydrogen-bond acceptors (Lipinski definition) is 10. The summed E-state index contributed by atoms with van der Waals surface area (Å²) in [5.74, 6) is 0.869. The topological polar surface area (TPSA) is 160 Å². The molecule has 0 aliphatic carbocycles. The van der Waals surface area contributed by atoms with Gasteiger partial charge in [0.25, 0.3) is 11.5 Å². The molecule has 2 heterocycles. The molecule has 3 rings (SSSR count). The second-order valence-corrected chi connectivity index (χ2v) is 6.72. The standard InChI is InChI=1S/C18H21N7O4S/c1-3-25-16(27)11-4-5-12(29-6-7-30-20)14(28-2)13(11)23-18(25)24-15(26)10-8-21-17(19)22-9-10/h4-5,8-9H,3,6-7,20H2,1-2H3,(H2,19,21,22)(H,23,24,26). The van der Waals surface area contributed by atoms with Crippen molar-refractivity contribution in [1.29, 1.82) is 0 Å². The number of benzene rings is 1. The van der Waals surface area contributed by atoms with Crippen molar-refractivity contribution in [3.8, 4) is 11.5 Å². The molecule has 0 spiro atoms. The number of anilines is 2. The van der Waals surface area contributed by atoms with Crippen LogP contribution in [0, 0.1) is 0 Å². The molecule has 5 N–H and O–H groups in total. The Morgan fingerprint density at radius 1 is 1.30 bits per heavy atom. The van der Waals surface area contributed by atoms with Gasteiger partial charge < -0.3 is 15.2 Å². The van der Waals surface area contributed by atoms with E-state index in [4.69, 9.17) is 20.3 Å². The van der Waals surface area contributed by atoms with E-state index in [-0.39, 0.29) is 28.5 Å². The van der Waals surface area contributed by atoms with Gasteiger partial charge in [0.15, 0.2) is 11.5 Å². The molecule has 0 aliphatic heterocycles. The smallest absolute Gasteiger partial charge is 0.262 e. The van der Waals surface area contributed by atoms with E-state index in [1.165, 1.54) is 24.1 Å². The Hall–Kier alpha value is -3.38. The quantitative estimate of drug-likeness (QED) is 0.347. The minimum atomic E-state index is -0.533. The first-order valence-electron chi connectivity index (χ1n) is 8.95. The van der Waals surface area contributed by atoms with E-state index in [9.17, 15) is 9.59 Å². The number of nitrogens with zero attached hydrogens (tertiary/aromatic N) is 4. The largest absolute Gasteiger partial charge is 0.491 e. The number of rotatable bonds is 8. The summed E-state index contributed by atoms with van der Waals surface area (Å²) >= 11 is 1.15. The Bertz CT molecular complexity index is 1120. The summed E-state index contributed by atoms with van der Waals surface area (Å²) in [6, 6.07) is 3.26. The molecule has 0 atom stereocenters. The number of nitrogen functional groups attached to an aromatic ring is 1. The predicted octanol–water partition coefficient (Wildman–Crippen LogP) is 1.04. The number of amides is 1. The van der Waals surface area contributed by atoms with E-state index < -0.39 is 5.91 Å². The maximum absolute atomic E-state index is 13.0. The Morgan fingerprint density at radius 3 is 2.67 bits per heavy atom. The van der Waals surface area contributed by atoms with Gasteiger partial charge in [-0.25, -0.2) is 15.0 Å². The van der Waals surface area contributed by atoms with E-state index in [1.54, 1.807) is 19.1 Å². The zero-order valence-electron chi connectivity index (χ0n) is 16.4. The molecule has 158 valence electrons. The van der Waals surface area contributed by atoms with Gasteiger partial charge in [-0.2, -0.15) is 0 Å². The van der Waals surface area contributed by atoms with Crippen LogP contribution in [0.4, 0.5) is 11.9 Å². The Morgan fingerprint density at radius 2 is 2.03 bits per heavy atom. The molecule has 0 bridgehead atoms. The zero-order valence-corrected chi connectivity index (χ0v) is 17.2. The Kier molecular flexibility index (Phi) is 6.69. The lowest BCUT2D eigenvalue weighted by molar-refractivity contribution is 0.102. The summed E-state index contributed by atoms with van der Waals surface area (Å²) in [6.45, 7) is 2.43. The Labute approximate surface area is 175 Å². The number of nitrogens with two attached hydrogens (primary N) is 2. The van der Waals surface area contributed by atoms with Crippen LogP contribution in [-0.2, 0) is 6.54 Å². The summed E-state index contributed by atoms with van der Waals surface area (Å²) in [6.07, 6.45) is 2.57. The van der Waals surface area contributed by atoms with Crippen molar-refractivity contribution in [2.24, 2.45) is 5.14 Å². The fourth-order valence-electron chi connectivity index (χ4n) is 2.77. The number of hydrogen-bond donors (Lipinski definition) is 3. The third-order valence-corrected chi connectivity index (χ3v) is 4.59. The molecule has 0 radical (unpaired) electrons. The van der Waals surface area contributed by atoms with Crippen LogP contribution >= 0.6 is 11.9 Å². The Balaban J connectivity index is 2.07. The van der Waals surface area contributed by atoms with Crippen LogP contribution in [0.2, 0.25) is 0 Å². The van der Waals surface area contributed by atoms with Gasteiger partial charge in [-0.15, -0.1) is 0 Å². The normalized spacial score (nSPS) is 10.8. The van der Waals surface area contributed by atoms with Crippen LogP contribution in [-0.4, -0.2) is 44.9 Å². The summed E-state index contributed by atoms with van der Waals surface area (Å²) in [7, 11) is 1.45. The first-order valence-corrected chi connectivity index (χ1v) is 9.99. The first kappa shape index (κ1) is 21.3. The maximum atomic E-state index is 13.0. The van der Waals surface area contributed by atoms with Gasteiger partial charge >= 0.3 is 0 Å². The fourth-order valence-corrected chi connectivity index (χ4v) is 2.95. The van der Waals surface area contributed by atoms with Crippen LogP contribution < -0.4 is 31.2 Å². The molecule has 12 heteroatoms. The number of carbonyl (C=O) groups is 1. The van der Waals surface area contributed by atoms with Crippen molar-refractivity contribution >= 4 is 40.7 Å². The van der Waals surface area contributed by atoms with Crippen LogP contribution in [0.15, 0.2) is 29.3 Å². The molecule has 1 amide bonds. The lowest BCUT2D eigenvalue weighted by Gasteiger charge is -2.16. The maximum Gasteiger partial charge on any atom is 0.262 e. The molecule has 11 nitrogen and oxygen atoms in total. The summed E-state index contributed by atoms with van der Waals surface area (Å²) in [5.41, 5.74) is 5.57. The summed E-state index contributed by atoms with van der Waals surface area (Å²) in [5, 5.41) is 8.39. The highest BCUT2D eigenvalue weighted by atomic mass is 32.2. The van der Waals surface area contributed by atoms with Crippen molar-refractivity contribution in [3.63, 3.8) is 0 Å². The van der Waals surface area contributed by atoms with Gasteiger partial charge in [0.05, 0.1) is 24.7 Å². The molecule has 1 aromatic carbocycles. The molecule has 0 aliphatic rings. The van der Waals surface area contributed by atoms with Crippen molar-refractivity contribution in [2.75, 3.05) is 30.5 Å². The molecular formula is C18H21N7O4S. The lowest BCUT2D eigenvalue weighted by Crippen LogP contribution is -2.27. The zero-order chi connectivity index (χ0) is 21.7. The van der Waals surface area contributed by atoms with Crippen LogP contribution in [0.3, 0.4) is 0 Å².